The minimum Gasteiger partial charge on any atom is -0.319 e. The van der Waals surface area contributed by atoms with Crippen molar-refractivity contribution in [3.63, 3.8) is 0 Å². The fourth-order valence-electron chi connectivity index (χ4n) is 1.19. The smallest absolute Gasteiger partial charge is 0.257 e. The Bertz CT molecular complexity index is 513. The molecule has 2 aromatic rings. The SMILES string of the molecule is O=C(Nc1cn[nH]c1)c1ccc(F)cc1Cl. The van der Waals surface area contributed by atoms with Crippen molar-refractivity contribution in [2.24, 2.45) is 0 Å². The van der Waals surface area contributed by atoms with Crippen LogP contribution in [-0.2, 0) is 0 Å². The molecule has 16 heavy (non-hydrogen) atoms. The van der Waals surface area contributed by atoms with Crippen LogP contribution >= 0.6 is 11.6 Å². The monoisotopic (exact) mass is 239 g/mol. The van der Waals surface area contributed by atoms with Crippen molar-refractivity contribution < 1.29 is 9.18 Å². The van der Waals surface area contributed by atoms with E-state index in [4.69, 9.17) is 11.6 Å². The summed E-state index contributed by atoms with van der Waals surface area (Å²) in [6.45, 7) is 0. The van der Waals surface area contributed by atoms with Crippen molar-refractivity contribution in [2.75, 3.05) is 5.32 Å². The fourth-order valence-corrected chi connectivity index (χ4v) is 1.44. The van der Waals surface area contributed by atoms with Crippen molar-refractivity contribution in [1.82, 2.24) is 10.2 Å². The van der Waals surface area contributed by atoms with Crippen LogP contribution in [0.2, 0.25) is 5.02 Å². The van der Waals surface area contributed by atoms with Gasteiger partial charge >= 0.3 is 0 Å². The molecule has 0 radical (unpaired) electrons. The van der Waals surface area contributed by atoms with Gasteiger partial charge in [-0.1, -0.05) is 11.6 Å². The first-order chi connectivity index (χ1) is 7.66. The van der Waals surface area contributed by atoms with Crippen LogP contribution in [-0.4, -0.2) is 16.1 Å². The summed E-state index contributed by atoms with van der Waals surface area (Å²) < 4.78 is 12.8. The van der Waals surface area contributed by atoms with E-state index in [1.165, 1.54) is 24.5 Å². The van der Waals surface area contributed by atoms with Gasteiger partial charge in [0.15, 0.2) is 0 Å². The number of H-pyrrole nitrogens is 1. The first-order valence-corrected chi connectivity index (χ1v) is 4.80. The molecule has 6 heteroatoms. The normalized spacial score (nSPS) is 10.1. The van der Waals surface area contributed by atoms with E-state index in [0.29, 0.717) is 5.69 Å². The Morgan fingerprint density at radius 3 is 2.94 bits per heavy atom. The summed E-state index contributed by atoms with van der Waals surface area (Å²) in [5.41, 5.74) is 0.731. The van der Waals surface area contributed by atoms with Crippen molar-refractivity contribution in [2.45, 2.75) is 0 Å². The average Bonchev–Trinajstić information content (AvgIpc) is 2.70. The molecule has 1 heterocycles. The Morgan fingerprint density at radius 2 is 2.31 bits per heavy atom. The highest BCUT2D eigenvalue weighted by atomic mass is 35.5. The summed E-state index contributed by atoms with van der Waals surface area (Å²) in [7, 11) is 0. The molecular formula is C10H7ClFN3O. The number of aromatic nitrogens is 2. The van der Waals surface area contributed by atoms with E-state index in [2.05, 4.69) is 15.5 Å². The highest BCUT2D eigenvalue weighted by Gasteiger charge is 2.11. The van der Waals surface area contributed by atoms with Crippen LogP contribution in [0.25, 0.3) is 0 Å². The third-order valence-corrected chi connectivity index (χ3v) is 2.24. The lowest BCUT2D eigenvalue weighted by atomic mass is 10.2. The number of aromatic amines is 1. The number of rotatable bonds is 2. The number of carbonyl (C=O) groups is 1. The predicted octanol–water partition coefficient (Wildman–Crippen LogP) is 2.45. The number of carbonyl (C=O) groups excluding carboxylic acids is 1. The number of benzene rings is 1. The number of amides is 1. The maximum Gasteiger partial charge on any atom is 0.257 e. The van der Waals surface area contributed by atoms with Crippen molar-refractivity contribution in [1.29, 1.82) is 0 Å². The van der Waals surface area contributed by atoms with E-state index < -0.39 is 11.7 Å². The average molecular weight is 240 g/mol. The van der Waals surface area contributed by atoms with Gasteiger partial charge in [0.1, 0.15) is 5.82 Å². The largest absolute Gasteiger partial charge is 0.319 e. The second-order valence-electron chi connectivity index (χ2n) is 3.07. The van der Waals surface area contributed by atoms with Crippen LogP contribution in [0.1, 0.15) is 10.4 Å². The fraction of sp³-hybridized carbons (Fsp3) is 0. The third kappa shape index (κ3) is 2.20. The van der Waals surface area contributed by atoms with Gasteiger partial charge in [-0.3, -0.25) is 9.89 Å². The molecule has 0 saturated carbocycles. The van der Waals surface area contributed by atoms with E-state index in [-0.39, 0.29) is 10.6 Å². The first-order valence-electron chi connectivity index (χ1n) is 4.42. The Balaban J connectivity index is 2.21. The molecule has 0 spiro atoms. The van der Waals surface area contributed by atoms with Crippen LogP contribution in [0.3, 0.4) is 0 Å². The Labute approximate surface area is 95.4 Å². The van der Waals surface area contributed by atoms with Gasteiger partial charge in [0.2, 0.25) is 0 Å². The number of anilines is 1. The zero-order chi connectivity index (χ0) is 11.5. The highest BCUT2D eigenvalue weighted by Crippen LogP contribution is 2.18. The summed E-state index contributed by atoms with van der Waals surface area (Å²) in [4.78, 5) is 11.7. The molecule has 2 N–H and O–H groups in total. The van der Waals surface area contributed by atoms with Crippen LogP contribution in [0.4, 0.5) is 10.1 Å². The quantitative estimate of drug-likeness (QED) is 0.846. The molecular weight excluding hydrogens is 233 g/mol. The van der Waals surface area contributed by atoms with Gasteiger partial charge in [0, 0.05) is 6.20 Å². The van der Waals surface area contributed by atoms with Crippen molar-refractivity contribution in [3.05, 3.63) is 47.0 Å². The number of nitrogens with zero attached hydrogens (tertiary/aromatic N) is 1. The lowest BCUT2D eigenvalue weighted by Gasteiger charge is -2.04. The van der Waals surface area contributed by atoms with Crippen LogP contribution in [0.15, 0.2) is 30.6 Å². The highest BCUT2D eigenvalue weighted by molar-refractivity contribution is 6.34. The molecule has 82 valence electrons. The first kappa shape index (κ1) is 10.6. The minimum absolute atomic E-state index is 0.0704. The van der Waals surface area contributed by atoms with E-state index in [1.54, 1.807) is 0 Å². The molecule has 0 aliphatic rings. The minimum atomic E-state index is -0.482. The van der Waals surface area contributed by atoms with Crippen LogP contribution in [0, 0.1) is 5.82 Å². The lowest BCUT2D eigenvalue weighted by Crippen LogP contribution is -2.12. The molecule has 0 bridgehead atoms. The van der Waals surface area contributed by atoms with Crippen molar-refractivity contribution >= 4 is 23.2 Å². The maximum atomic E-state index is 12.8. The van der Waals surface area contributed by atoms with Gasteiger partial charge in [-0.05, 0) is 18.2 Å². The van der Waals surface area contributed by atoms with E-state index in [0.717, 1.165) is 6.07 Å². The number of nitrogens with one attached hydrogen (secondary N) is 2. The maximum absolute atomic E-state index is 12.8. The van der Waals surface area contributed by atoms with Gasteiger partial charge < -0.3 is 5.32 Å². The summed E-state index contributed by atoms with van der Waals surface area (Å²) in [5.74, 6) is -0.892. The topological polar surface area (TPSA) is 57.8 Å². The molecule has 0 atom stereocenters. The Kier molecular flexibility index (Phi) is 2.87. The number of hydrogen-bond acceptors (Lipinski definition) is 2. The van der Waals surface area contributed by atoms with Gasteiger partial charge in [-0.2, -0.15) is 5.10 Å². The Morgan fingerprint density at radius 1 is 1.50 bits per heavy atom. The van der Waals surface area contributed by atoms with Crippen molar-refractivity contribution in [3.8, 4) is 0 Å². The van der Waals surface area contributed by atoms with E-state index in [9.17, 15) is 9.18 Å². The zero-order valence-electron chi connectivity index (χ0n) is 8.00. The van der Waals surface area contributed by atoms with Gasteiger partial charge in [0.05, 0.1) is 22.5 Å². The molecule has 1 amide bonds. The molecule has 0 saturated heterocycles. The Hall–Kier alpha value is -1.88. The third-order valence-electron chi connectivity index (χ3n) is 1.93. The predicted molar refractivity (Wildman–Crippen MR) is 58.0 cm³/mol. The molecule has 1 aromatic heterocycles. The molecule has 0 unspecified atom stereocenters. The summed E-state index contributed by atoms with van der Waals surface area (Å²) in [5, 5.41) is 8.85. The standard InChI is InChI=1S/C10H7ClFN3O/c11-9-3-6(12)1-2-8(9)10(16)15-7-4-13-14-5-7/h1-5H,(H,13,14)(H,15,16). The van der Waals surface area contributed by atoms with Gasteiger partial charge in [-0.15, -0.1) is 0 Å². The lowest BCUT2D eigenvalue weighted by molar-refractivity contribution is 0.102. The summed E-state index contributed by atoms with van der Waals surface area (Å²) >= 11 is 5.74. The molecule has 0 fully saturated rings. The molecule has 4 nitrogen and oxygen atoms in total. The molecule has 1 aromatic carbocycles. The van der Waals surface area contributed by atoms with Crippen LogP contribution in [0.5, 0.6) is 0 Å². The van der Waals surface area contributed by atoms with Gasteiger partial charge in [0.25, 0.3) is 5.91 Å². The number of hydrogen-bond donors (Lipinski definition) is 2. The summed E-state index contributed by atoms with van der Waals surface area (Å²) in [6, 6.07) is 3.59. The van der Waals surface area contributed by atoms with E-state index >= 15 is 0 Å². The number of halogens is 2. The summed E-state index contributed by atoms with van der Waals surface area (Å²) in [6.07, 6.45) is 2.98. The van der Waals surface area contributed by atoms with Crippen LogP contribution < -0.4 is 5.32 Å². The second-order valence-corrected chi connectivity index (χ2v) is 3.47. The zero-order valence-corrected chi connectivity index (χ0v) is 8.75. The second kappa shape index (κ2) is 4.32. The molecule has 0 aliphatic carbocycles. The molecule has 2 rings (SSSR count). The van der Waals surface area contributed by atoms with Gasteiger partial charge in [-0.25, -0.2) is 4.39 Å². The van der Waals surface area contributed by atoms with E-state index in [1.807, 2.05) is 0 Å². The molecule has 0 aliphatic heterocycles.